The summed E-state index contributed by atoms with van der Waals surface area (Å²) in [7, 11) is 0. The van der Waals surface area contributed by atoms with E-state index in [-0.39, 0.29) is 0 Å². The summed E-state index contributed by atoms with van der Waals surface area (Å²) in [4.78, 5) is 4.43. The summed E-state index contributed by atoms with van der Waals surface area (Å²) in [5.74, 6) is 1.80. The average molecular weight is 229 g/mol. The Hall–Kier alpha value is -1.51. The molecule has 2 aliphatic rings. The van der Waals surface area contributed by atoms with Gasteiger partial charge in [0.15, 0.2) is 0 Å². The van der Waals surface area contributed by atoms with E-state index in [1.54, 1.807) is 0 Å². The highest BCUT2D eigenvalue weighted by Gasteiger charge is 2.30. The molecule has 17 heavy (non-hydrogen) atoms. The molecule has 3 nitrogen and oxygen atoms in total. The van der Waals surface area contributed by atoms with Gasteiger partial charge in [-0.05, 0) is 37.0 Å². The molecule has 1 N–H and O–H groups in total. The topological polar surface area (TPSA) is 28.2 Å². The van der Waals surface area contributed by atoms with Gasteiger partial charge in [-0.3, -0.25) is 5.01 Å². The number of hydrazine groups is 1. The standard InChI is InChI=1S/C14H19N3/c1-2-6-12(7-3-1)13-9-11-16-17(13)14-8-4-5-10-15-14/h4-5,8-13,16H,1-3,6-7H2. The summed E-state index contributed by atoms with van der Waals surface area (Å²) in [5, 5.41) is 2.20. The van der Waals surface area contributed by atoms with Crippen LogP contribution >= 0.6 is 0 Å². The van der Waals surface area contributed by atoms with Crippen molar-refractivity contribution in [1.82, 2.24) is 10.4 Å². The third-order valence-corrected chi connectivity index (χ3v) is 3.83. The van der Waals surface area contributed by atoms with Crippen LogP contribution in [0.15, 0.2) is 36.7 Å². The van der Waals surface area contributed by atoms with Gasteiger partial charge in [0.1, 0.15) is 5.82 Å². The monoisotopic (exact) mass is 229 g/mol. The lowest BCUT2D eigenvalue weighted by molar-refractivity contribution is 0.322. The van der Waals surface area contributed by atoms with Crippen LogP contribution in [0.25, 0.3) is 0 Å². The molecular formula is C14H19N3. The predicted molar refractivity (Wildman–Crippen MR) is 69.4 cm³/mol. The van der Waals surface area contributed by atoms with Crippen molar-refractivity contribution in [3.63, 3.8) is 0 Å². The first kappa shape index (κ1) is 10.6. The minimum absolute atomic E-state index is 0.477. The molecule has 0 saturated heterocycles. The zero-order chi connectivity index (χ0) is 11.5. The van der Waals surface area contributed by atoms with Crippen molar-refractivity contribution < 1.29 is 0 Å². The maximum Gasteiger partial charge on any atom is 0.147 e. The smallest absolute Gasteiger partial charge is 0.147 e. The van der Waals surface area contributed by atoms with E-state index in [4.69, 9.17) is 0 Å². The van der Waals surface area contributed by atoms with Gasteiger partial charge >= 0.3 is 0 Å². The first-order valence-electron chi connectivity index (χ1n) is 6.58. The fraction of sp³-hybridized carbons (Fsp3) is 0.500. The number of hydrogen-bond acceptors (Lipinski definition) is 3. The van der Waals surface area contributed by atoms with Crippen molar-refractivity contribution in [1.29, 1.82) is 0 Å². The van der Waals surface area contributed by atoms with Gasteiger partial charge in [0.25, 0.3) is 0 Å². The molecule has 1 aromatic rings. The summed E-state index contributed by atoms with van der Waals surface area (Å²) in [6.45, 7) is 0. The lowest BCUT2D eigenvalue weighted by atomic mass is 9.84. The van der Waals surface area contributed by atoms with E-state index < -0.39 is 0 Å². The first-order chi connectivity index (χ1) is 8.45. The van der Waals surface area contributed by atoms with Crippen LogP contribution in [0.3, 0.4) is 0 Å². The Morgan fingerprint density at radius 2 is 2.06 bits per heavy atom. The van der Waals surface area contributed by atoms with E-state index in [2.05, 4.69) is 27.6 Å². The number of pyridine rings is 1. The summed E-state index contributed by atoms with van der Waals surface area (Å²) >= 11 is 0. The van der Waals surface area contributed by atoms with E-state index in [0.717, 1.165) is 11.7 Å². The van der Waals surface area contributed by atoms with E-state index >= 15 is 0 Å². The molecule has 0 bridgehead atoms. The molecule has 0 spiro atoms. The zero-order valence-corrected chi connectivity index (χ0v) is 10.0. The molecule has 2 heterocycles. The molecule has 1 saturated carbocycles. The largest absolute Gasteiger partial charge is 0.304 e. The average Bonchev–Trinajstić information content (AvgIpc) is 2.90. The Labute approximate surface area is 103 Å². The summed E-state index contributed by atoms with van der Waals surface area (Å²) in [6.07, 6.45) is 13.0. The second kappa shape index (κ2) is 4.78. The minimum Gasteiger partial charge on any atom is -0.304 e. The van der Waals surface area contributed by atoms with E-state index in [1.165, 1.54) is 32.1 Å². The summed E-state index contributed by atoms with van der Waals surface area (Å²) in [5.41, 5.74) is 3.31. The molecule has 0 radical (unpaired) electrons. The van der Waals surface area contributed by atoms with Gasteiger partial charge in [-0.15, -0.1) is 0 Å². The van der Waals surface area contributed by atoms with Crippen molar-refractivity contribution in [3.8, 4) is 0 Å². The third-order valence-electron chi connectivity index (χ3n) is 3.83. The maximum absolute atomic E-state index is 4.43. The second-order valence-electron chi connectivity index (χ2n) is 4.93. The molecule has 1 aromatic heterocycles. The van der Waals surface area contributed by atoms with Crippen molar-refractivity contribution >= 4 is 5.82 Å². The Morgan fingerprint density at radius 1 is 1.18 bits per heavy atom. The van der Waals surface area contributed by atoms with Gasteiger partial charge in [0.05, 0.1) is 6.04 Å². The number of anilines is 1. The van der Waals surface area contributed by atoms with Crippen molar-refractivity contribution in [3.05, 3.63) is 36.7 Å². The number of hydrogen-bond donors (Lipinski definition) is 1. The zero-order valence-electron chi connectivity index (χ0n) is 10.0. The number of rotatable bonds is 2. The van der Waals surface area contributed by atoms with Gasteiger partial charge in [0, 0.05) is 12.4 Å². The molecule has 3 rings (SSSR count). The van der Waals surface area contributed by atoms with Crippen LogP contribution in [0.1, 0.15) is 32.1 Å². The van der Waals surface area contributed by atoms with Crippen LogP contribution in [0.5, 0.6) is 0 Å². The maximum atomic E-state index is 4.43. The molecule has 1 aliphatic carbocycles. The highest BCUT2D eigenvalue weighted by atomic mass is 15.5. The molecule has 1 aliphatic heterocycles. The molecule has 1 unspecified atom stereocenters. The molecule has 90 valence electrons. The van der Waals surface area contributed by atoms with Crippen molar-refractivity contribution in [2.45, 2.75) is 38.1 Å². The van der Waals surface area contributed by atoms with E-state index in [1.807, 2.05) is 24.5 Å². The summed E-state index contributed by atoms with van der Waals surface area (Å²) < 4.78 is 0. The number of nitrogens with zero attached hydrogens (tertiary/aromatic N) is 2. The normalized spacial score (nSPS) is 24.9. The van der Waals surface area contributed by atoms with Gasteiger partial charge in [0.2, 0.25) is 0 Å². The molecule has 3 heteroatoms. The predicted octanol–water partition coefficient (Wildman–Crippen LogP) is 2.87. The van der Waals surface area contributed by atoms with Crippen LogP contribution in [0.2, 0.25) is 0 Å². The Balaban J connectivity index is 1.77. The van der Waals surface area contributed by atoms with Crippen LogP contribution in [0.4, 0.5) is 5.82 Å². The Bertz CT molecular complexity index is 382. The Morgan fingerprint density at radius 3 is 2.82 bits per heavy atom. The second-order valence-corrected chi connectivity index (χ2v) is 4.93. The molecule has 0 amide bonds. The highest BCUT2D eigenvalue weighted by molar-refractivity contribution is 5.42. The van der Waals surface area contributed by atoms with Gasteiger partial charge in [-0.25, -0.2) is 4.98 Å². The van der Waals surface area contributed by atoms with Gasteiger partial charge in [-0.2, -0.15) is 0 Å². The summed E-state index contributed by atoms with van der Waals surface area (Å²) in [6, 6.07) is 6.55. The van der Waals surface area contributed by atoms with E-state index in [9.17, 15) is 0 Å². The quantitative estimate of drug-likeness (QED) is 0.845. The van der Waals surface area contributed by atoms with Crippen molar-refractivity contribution in [2.24, 2.45) is 5.92 Å². The lowest BCUT2D eigenvalue weighted by Crippen LogP contribution is -2.43. The molecule has 1 atom stereocenters. The number of nitrogens with one attached hydrogen (secondary N) is 1. The minimum atomic E-state index is 0.477. The van der Waals surface area contributed by atoms with Crippen molar-refractivity contribution in [2.75, 3.05) is 5.01 Å². The van der Waals surface area contributed by atoms with Crippen LogP contribution in [-0.2, 0) is 0 Å². The fourth-order valence-electron chi connectivity index (χ4n) is 2.95. The van der Waals surface area contributed by atoms with Gasteiger partial charge in [-0.1, -0.05) is 25.3 Å². The third kappa shape index (κ3) is 2.14. The highest BCUT2D eigenvalue weighted by Crippen LogP contribution is 2.32. The number of aromatic nitrogens is 1. The molecule has 0 aromatic carbocycles. The van der Waals surface area contributed by atoms with Crippen LogP contribution < -0.4 is 10.4 Å². The fourth-order valence-corrected chi connectivity index (χ4v) is 2.95. The first-order valence-corrected chi connectivity index (χ1v) is 6.58. The SMILES string of the molecule is C1=CC(C2CCCCC2)N(c2ccccn2)N1. The van der Waals surface area contributed by atoms with Crippen LogP contribution in [0, 0.1) is 5.92 Å². The lowest BCUT2D eigenvalue weighted by Gasteiger charge is -2.33. The molecule has 1 fully saturated rings. The van der Waals surface area contributed by atoms with Gasteiger partial charge < -0.3 is 5.43 Å². The molecular weight excluding hydrogens is 210 g/mol. The van der Waals surface area contributed by atoms with Crippen LogP contribution in [-0.4, -0.2) is 11.0 Å². The Kier molecular flexibility index (Phi) is 2.99. The van der Waals surface area contributed by atoms with E-state index in [0.29, 0.717) is 6.04 Å².